The summed E-state index contributed by atoms with van der Waals surface area (Å²) in [7, 11) is 8.51. The molecule has 2 amide bonds. The maximum atomic E-state index is 14.3. The number of rotatable bonds is 12. The molecule has 15 heteroatoms. The Morgan fingerprint density at radius 1 is 0.942 bits per heavy atom. The molecular weight excluding hydrogens is 728 g/mol. The van der Waals surface area contributed by atoms with Crippen LogP contribution >= 0.6 is 35.0 Å². The first-order valence-electron chi connectivity index (χ1n) is 16.9. The molecule has 52 heavy (non-hydrogen) atoms. The van der Waals surface area contributed by atoms with Crippen LogP contribution in [0.15, 0.2) is 71.9 Å². The predicted octanol–water partition coefficient (Wildman–Crippen LogP) is 4.96. The van der Waals surface area contributed by atoms with E-state index in [9.17, 15) is 14.4 Å². The van der Waals surface area contributed by atoms with E-state index in [2.05, 4.69) is 4.65 Å². The van der Waals surface area contributed by atoms with Gasteiger partial charge < -0.3 is 33.0 Å². The number of thioether (sulfide) groups is 1. The van der Waals surface area contributed by atoms with Crippen molar-refractivity contribution in [2.75, 3.05) is 52.7 Å². The Kier molecular flexibility index (Phi) is 10.6. The SMILES string of the molecule is [B]OC(=O)C1=C(C[N@@+]23CC[C@@H](C2)N(C(=O)c2ccc(OCc4ccc(OC)cc4)c(OCc4ccc(OC)cc4)c2Cl)CC3)CS[C@@H]2[C@H](Cl)C(=O)N12. The van der Waals surface area contributed by atoms with Crippen LogP contribution in [0.5, 0.6) is 23.0 Å². The molecule has 2 radical (unpaired) electrons. The molecule has 4 aliphatic heterocycles. The van der Waals surface area contributed by atoms with Crippen molar-refractivity contribution in [2.45, 2.75) is 36.4 Å². The van der Waals surface area contributed by atoms with Crippen LogP contribution in [0.1, 0.15) is 27.9 Å². The van der Waals surface area contributed by atoms with Crippen molar-refractivity contribution >= 4 is 60.8 Å². The Bertz CT molecular complexity index is 1900. The minimum atomic E-state index is -0.740. The smallest absolute Gasteiger partial charge is 0.378 e. The zero-order chi connectivity index (χ0) is 36.6. The van der Waals surface area contributed by atoms with Gasteiger partial charge in [0.05, 0.1) is 57.0 Å². The third-order valence-electron chi connectivity index (χ3n) is 10.2. The number of carbonyl (C=O) groups is 3. The van der Waals surface area contributed by atoms with Crippen LogP contribution in [0.2, 0.25) is 5.02 Å². The largest absolute Gasteiger partial charge is 0.539 e. The molecule has 3 fully saturated rings. The predicted molar refractivity (Wildman–Crippen MR) is 197 cm³/mol. The van der Waals surface area contributed by atoms with Crippen LogP contribution < -0.4 is 18.9 Å². The lowest BCUT2D eigenvalue weighted by atomic mass is 10.0. The highest BCUT2D eigenvalue weighted by Gasteiger charge is 2.55. The molecular formula is C37H37BCl2N3O8S+. The summed E-state index contributed by atoms with van der Waals surface area (Å²) >= 11 is 14.8. The number of piperazine rings is 1. The molecule has 11 nitrogen and oxygen atoms in total. The summed E-state index contributed by atoms with van der Waals surface area (Å²) in [5.41, 5.74) is 3.14. The Morgan fingerprint density at radius 2 is 1.60 bits per heavy atom. The van der Waals surface area contributed by atoms with Gasteiger partial charge in [0.1, 0.15) is 47.7 Å². The number of carbonyl (C=O) groups excluding carboxylic acids is 3. The zero-order valence-electron chi connectivity index (χ0n) is 28.7. The molecule has 0 saturated carbocycles. The van der Waals surface area contributed by atoms with Crippen LogP contribution in [-0.4, -0.2) is 110 Å². The van der Waals surface area contributed by atoms with E-state index >= 15 is 0 Å². The number of halogens is 2. The van der Waals surface area contributed by atoms with Crippen LogP contribution in [-0.2, 0) is 27.5 Å². The fourth-order valence-electron chi connectivity index (χ4n) is 7.44. The summed E-state index contributed by atoms with van der Waals surface area (Å²) in [6.45, 7) is 3.65. The Hall–Kier alpha value is -4.04. The van der Waals surface area contributed by atoms with Crippen molar-refractivity contribution in [2.24, 2.45) is 0 Å². The maximum Gasteiger partial charge on any atom is 0.378 e. The summed E-state index contributed by atoms with van der Waals surface area (Å²) in [6.07, 6.45) is 0.777. The van der Waals surface area contributed by atoms with Gasteiger partial charge in [0, 0.05) is 17.7 Å². The number of quaternary nitrogens is 1. The highest BCUT2D eigenvalue weighted by Crippen LogP contribution is 2.45. The number of hydrogen-bond acceptors (Lipinski definition) is 9. The molecule has 0 N–H and O–H groups in total. The fourth-order valence-corrected chi connectivity index (χ4v) is 9.41. The minimum absolute atomic E-state index is 0.0423. The Labute approximate surface area is 317 Å². The zero-order valence-corrected chi connectivity index (χ0v) is 31.0. The highest BCUT2D eigenvalue weighted by molar-refractivity contribution is 8.00. The van der Waals surface area contributed by atoms with Crippen molar-refractivity contribution < 1.29 is 42.5 Å². The van der Waals surface area contributed by atoms with E-state index in [0.717, 1.165) is 41.2 Å². The van der Waals surface area contributed by atoms with Crippen LogP contribution in [0.25, 0.3) is 0 Å². The molecule has 0 spiro atoms. The van der Waals surface area contributed by atoms with Crippen LogP contribution in [0.4, 0.5) is 0 Å². The topological polar surface area (TPSA) is 104 Å². The first-order valence-corrected chi connectivity index (χ1v) is 18.7. The number of ether oxygens (including phenoxy) is 4. The average molecular weight is 766 g/mol. The van der Waals surface area contributed by atoms with Gasteiger partial charge >= 0.3 is 14.0 Å². The van der Waals surface area contributed by atoms with Gasteiger partial charge in [-0.25, -0.2) is 4.79 Å². The fraction of sp³-hybridized carbons (Fsp3) is 0.378. The van der Waals surface area contributed by atoms with Gasteiger partial charge in [-0.3, -0.25) is 14.5 Å². The third kappa shape index (κ3) is 6.91. The number of β-lactam (4-membered cyclic amide) rings is 1. The van der Waals surface area contributed by atoms with Gasteiger partial charge in [-0.1, -0.05) is 35.9 Å². The Balaban J connectivity index is 1.10. The molecule has 0 aliphatic carbocycles. The third-order valence-corrected chi connectivity index (χ3v) is 12.5. The minimum Gasteiger partial charge on any atom is -0.539 e. The second-order valence-electron chi connectivity index (χ2n) is 13.3. The van der Waals surface area contributed by atoms with Crippen molar-refractivity contribution in [3.63, 3.8) is 0 Å². The average Bonchev–Trinajstić information content (AvgIpc) is 3.50. The summed E-state index contributed by atoms with van der Waals surface area (Å²) < 4.78 is 28.3. The van der Waals surface area contributed by atoms with Gasteiger partial charge in [0.2, 0.25) is 5.91 Å². The molecule has 4 aliphatic rings. The molecule has 7 rings (SSSR count). The second-order valence-corrected chi connectivity index (χ2v) is 15.2. The molecule has 0 aromatic heterocycles. The van der Waals surface area contributed by atoms with E-state index in [1.54, 1.807) is 26.4 Å². The number of benzene rings is 3. The number of alkyl halides is 1. The van der Waals surface area contributed by atoms with Crippen molar-refractivity contribution in [3.05, 3.63) is 93.6 Å². The molecule has 4 heterocycles. The number of methoxy groups -OCH3 is 2. The molecule has 4 atom stereocenters. The highest BCUT2D eigenvalue weighted by atomic mass is 35.5. The molecule has 2 bridgehead atoms. The van der Waals surface area contributed by atoms with Crippen LogP contribution in [0, 0.1) is 0 Å². The monoisotopic (exact) mass is 764 g/mol. The number of fused-ring (bicyclic) bond motifs is 3. The summed E-state index contributed by atoms with van der Waals surface area (Å²) in [6, 6.07) is 18.4. The van der Waals surface area contributed by atoms with Gasteiger partial charge in [-0.05, 0) is 47.5 Å². The lowest BCUT2D eigenvalue weighted by molar-refractivity contribution is -0.916. The molecule has 3 saturated heterocycles. The lowest BCUT2D eigenvalue weighted by Gasteiger charge is -2.49. The summed E-state index contributed by atoms with van der Waals surface area (Å²) in [4.78, 5) is 43.0. The first kappa shape index (κ1) is 36.3. The van der Waals surface area contributed by atoms with Gasteiger partial charge in [0.25, 0.3) is 5.91 Å². The van der Waals surface area contributed by atoms with E-state index in [-0.39, 0.29) is 52.9 Å². The van der Waals surface area contributed by atoms with Crippen molar-refractivity contribution in [1.82, 2.24) is 9.80 Å². The van der Waals surface area contributed by atoms with Gasteiger partial charge in [0.15, 0.2) is 11.5 Å². The molecule has 270 valence electrons. The molecule has 3 aromatic carbocycles. The van der Waals surface area contributed by atoms with E-state index in [1.807, 2.05) is 53.4 Å². The van der Waals surface area contributed by atoms with E-state index in [1.165, 1.54) is 16.7 Å². The summed E-state index contributed by atoms with van der Waals surface area (Å²) in [5, 5.41) is -0.822. The maximum absolute atomic E-state index is 14.3. The van der Waals surface area contributed by atoms with Crippen molar-refractivity contribution in [3.8, 4) is 23.0 Å². The normalized spacial score (nSPS) is 23.5. The van der Waals surface area contributed by atoms with E-state index < -0.39 is 11.3 Å². The quantitative estimate of drug-likeness (QED) is 0.110. The lowest BCUT2D eigenvalue weighted by Crippen LogP contribution is -2.64. The molecule has 0 unspecified atom stereocenters. The van der Waals surface area contributed by atoms with E-state index in [4.69, 9.17) is 50.2 Å². The van der Waals surface area contributed by atoms with Gasteiger partial charge in [-0.2, -0.15) is 0 Å². The number of nitrogens with zero attached hydrogens (tertiary/aromatic N) is 3. The summed E-state index contributed by atoms with van der Waals surface area (Å²) in [5.74, 6) is 1.45. The number of amides is 2. The second kappa shape index (κ2) is 15.1. The van der Waals surface area contributed by atoms with E-state index in [0.29, 0.717) is 47.7 Å². The van der Waals surface area contributed by atoms with Crippen molar-refractivity contribution in [1.29, 1.82) is 0 Å². The molecule has 3 aromatic rings. The standard InChI is InChI=1S/C37H37BCl2N3O8S/c1-47-26-7-3-22(4-8-26)19-49-29-12-11-28(30(39)33(29)50-20-23-5-9-27(48-2)10-6-23)34(44)41-14-16-43(15-13-25(41)18-43)17-24-21-52-36-31(40)35(45)42(36)32(24)37(46)51-38/h3-12,25,31,36H,13-21H2,1-2H3/q+1/t25-,31+,36+,43-/m0/s1. The van der Waals surface area contributed by atoms with Gasteiger partial charge in [-0.15, -0.1) is 23.4 Å². The van der Waals surface area contributed by atoms with Crippen LogP contribution in [0.3, 0.4) is 0 Å². The first-order chi connectivity index (χ1) is 25.1. The Morgan fingerprint density at radius 3 is 2.23 bits per heavy atom. The number of hydrogen-bond donors (Lipinski definition) is 0.